The molecule has 1 aromatic carbocycles. The summed E-state index contributed by atoms with van der Waals surface area (Å²) in [4.78, 5) is 11.3. The molecule has 0 bridgehead atoms. The van der Waals surface area contributed by atoms with Crippen molar-refractivity contribution < 1.29 is 0 Å². The molecule has 2 N–H and O–H groups in total. The van der Waals surface area contributed by atoms with E-state index in [1.165, 1.54) is 0 Å². The Morgan fingerprint density at radius 1 is 0.933 bits per heavy atom. The van der Waals surface area contributed by atoms with Crippen LogP contribution in [0.3, 0.4) is 0 Å². The largest absolute Gasteiger partial charge is 0.382 e. The van der Waals surface area contributed by atoms with Gasteiger partial charge in [-0.2, -0.15) is 5.10 Å². The summed E-state index contributed by atoms with van der Waals surface area (Å²) in [6, 6.07) is 12.6. The van der Waals surface area contributed by atoms with Crippen LogP contribution in [0.5, 0.6) is 0 Å². The maximum absolute atomic E-state index is 6.20. The summed E-state index contributed by atoms with van der Waals surface area (Å²) < 4.78 is 4.03. The summed E-state index contributed by atoms with van der Waals surface area (Å²) in [5, 5.41) is 4.63. The highest BCUT2D eigenvalue weighted by Crippen LogP contribution is 2.28. The van der Waals surface area contributed by atoms with E-state index in [0.29, 0.717) is 11.9 Å². The van der Waals surface area contributed by atoms with Gasteiger partial charge < -0.3 is 15.2 Å². The number of imidazole rings is 1. The number of nitrogen functional groups attached to an aromatic ring is 1. The average molecular weight is 400 g/mol. The fourth-order valence-corrected chi connectivity index (χ4v) is 3.99. The fourth-order valence-electron chi connectivity index (χ4n) is 3.99. The minimum absolute atomic E-state index is 0.457. The lowest BCUT2D eigenvalue weighted by Crippen LogP contribution is -2.31. The number of rotatable bonds is 4. The molecule has 0 radical (unpaired) electrons. The molecular formula is C23H25N7. The van der Waals surface area contributed by atoms with Crippen molar-refractivity contribution in [2.45, 2.75) is 18.9 Å². The molecule has 7 heteroatoms. The van der Waals surface area contributed by atoms with Crippen LogP contribution in [0.2, 0.25) is 0 Å². The van der Waals surface area contributed by atoms with Crippen molar-refractivity contribution in [3.05, 3.63) is 67.5 Å². The van der Waals surface area contributed by atoms with Crippen molar-refractivity contribution >= 4 is 5.82 Å². The molecule has 0 aliphatic carbocycles. The molecule has 0 unspecified atom stereocenters. The highest BCUT2D eigenvalue weighted by Gasteiger charge is 2.19. The van der Waals surface area contributed by atoms with Crippen LogP contribution in [0.15, 0.2) is 67.5 Å². The van der Waals surface area contributed by atoms with Gasteiger partial charge in [-0.3, -0.25) is 4.68 Å². The maximum atomic E-state index is 6.20. The number of hydrogen-bond acceptors (Lipinski definition) is 5. The van der Waals surface area contributed by atoms with Crippen LogP contribution in [0.1, 0.15) is 18.9 Å². The van der Waals surface area contributed by atoms with E-state index in [-0.39, 0.29) is 0 Å². The van der Waals surface area contributed by atoms with Crippen LogP contribution in [0.4, 0.5) is 5.82 Å². The lowest BCUT2D eigenvalue weighted by Gasteiger charge is -2.28. The Labute approximate surface area is 175 Å². The maximum Gasteiger partial charge on any atom is 0.147 e. The number of benzene rings is 1. The standard InChI is InChI=1S/C23H25N7/c1-28-9-7-20(8-10-28)30-14-19(13-27-30)18-11-22(23(24)25-12-18)29-15-21(26-16-29)17-5-3-2-4-6-17/h2-6,11-16,20H,7-10H2,1H3,(H2,24,25). The molecule has 0 spiro atoms. The average Bonchev–Trinajstić information content (AvgIpc) is 3.46. The van der Waals surface area contributed by atoms with Crippen molar-refractivity contribution in [2.24, 2.45) is 0 Å². The molecule has 5 rings (SSSR count). The van der Waals surface area contributed by atoms with E-state index in [2.05, 4.69) is 44.0 Å². The van der Waals surface area contributed by atoms with Crippen LogP contribution in [0, 0.1) is 0 Å². The molecule has 4 aromatic rings. The highest BCUT2D eigenvalue weighted by atomic mass is 15.3. The van der Waals surface area contributed by atoms with Gasteiger partial charge in [0.05, 0.1) is 23.6 Å². The smallest absolute Gasteiger partial charge is 0.147 e. The number of hydrogen-bond donors (Lipinski definition) is 1. The topological polar surface area (TPSA) is 77.8 Å². The van der Waals surface area contributed by atoms with Crippen LogP contribution >= 0.6 is 0 Å². The molecule has 0 saturated carbocycles. The first-order chi connectivity index (χ1) is 14.7. The van der Waals surface area contributed by atoms with Gasteiger partial charge in [0.2, 0.25) is 0 Å². The number of piperidine rings is 1. The Morgan fingerprint density at radius 2 is 1.73 bits per heavy atom. The SMILES string of the molecule is CN1CCC(n2cc(-c3cnc(N)c(-n4cnc(-c5ccccc5)c4)c3)cn2)CC1. The summed E-state index contributed by atoms with van der Waals surface area (Å²) in [6.07, 6.45) is 11.9. The number of likely N-dealkylation sites (tertiary alicyclic amines) is 1. The zero-order valence-electron chi connectivity index (χ0n) is 17.0. The Balaban J connectivity index is 1.43. The summed E-state index contributed by atoms with van der Waals surface area (Å²) >= 11 is 0. The summed E-state index contributed by atoms with van der Waals surface area (Å²) in [6.45, 7) is 2.22. The highest BCUT2D eigenvalue weighted by molar-refractivity contribution is 5.68. The Kier molecular flexibility index (Phi) is 4.80. The third kappa shape index (κ3) is 3.59. The number of nitrogens with zero attached hydrogens (tertiary/aromatic N) is 6. The van der Waals surface area contributed by atoms with Crippen LogP contribution in [-0.4, -0.2) is 49.4 Å². The number of anilines is 1. The predicted octanol–water partition coefficient (Wildman–Crippen LogP) is 3.65. The van der Waals surface area contributed by atoms with Gasteiger partial charge in [0.25, 0.3) is 0 Å². The van der Waals surface area contributed by atoms with Gasteiger partial charge in [-0.25, -0.2) is 9.97 Å². The number of nitrogens with two attached hydrogens (primary N) is 1. The normalized spacial score (nSPS) is 15.5. The summed E-state index contributed by atoms with van der Waals surface area (Å²) in [7, 11) is 2.17. The monoisotopic (exact) mass is 399 g/mol. The van der Waals surface area contributed by atoms with Crippen molar-refractivity contribution in [1.29, 1.82) is 0 Å². The van der Waals surface area contributed by atoms with E-state index in [0.717, 1.165) is 54.0 Å². The van der Waals surface area contributed by atoms with E-state index in [9.17, 15) is 0 Å². The molecule has 4 heterocycles. The van der Waals surface area contributed by atoms with E-state index in [1.807, 2.05) is 53.5 Å². The Bertz CT molecular complexity index is 1140. The third-order valence-corrected chi connectivity index (χ3v) is 5.82. The zero-order chi connectivity index (χ0) is 20.5. The third-order valence-electron chi connectivity index (χ3n) is 5.82. The van der Waals surface area contributed by atoms with Crippen molar-refractivity contribution in [3.63, 3.8) is 0 Å². The predicted molar refractivity (Wildman–Crippen MR) is 118 cm³/mol. The lowest BCUT2D eigenvalue weighted by molar-refractivity contribution is 0.212. The number of aromatic nitrogens is 5. The van der Waals surface area contributed by atoms with Gasteiger partial charge in [0.15, 0.2) is 0 Å². The first-order valence-electron chi connectivity index (χ1n) is 10.3. The Hall–Kier alpha value is -3.45. The molecule has 1 saturated heterocycles. The van der Waals surface area contributed by atoms with Gasteiger partial charge in [-0.05, 0) is 39.0 Å². The van der Waals surface area contributed by atoms with Gasteiger partial charge in [-0.1, -0.05) is 30.3 Å². The Morgan fingerprint density at radius 3 is 2.53 bits per heavy atom. The molecular weight excluding hydrogens is 374 g/mol. The molecule has 152 valence electrons. The molecule has 1 aliphatic heterocycles. The second-order valence-electron chi connectivity index (χ2n) is 7.90. The molecule has 3 aromatic heterocycles. The van der Waals surface area contributed by atoms with Crippen LogP contribution < -0.4 is 5.73 Å². The second kappa shape index (κ2) is 7.76. The minimum Gasteiger partial charge on any atom is -0.382 e. The zero-order valence-corrected chi connectivity index (χ0v) is 17.0. The first-order valence-corrected chi connectivity index (χ1v) is 10.3. The number of pyridine rings is 1. The lowest BCUT2D eigenvalue weighted by atomic mass is 10.1. The van der Waals surface area contributed by atoms with E-state index in [1.54, 1.807) is 6.33 Å². The van der Waals surface area contributed by atoms with Crippen molar-refractivity contribution in [2.75, 3.05) is 25.9 Å². The summed E-state index contributed by atoms with van der Waals surface area (Å²) in [5.74, 6) is 0.471. The van der Waals surface area contributed by atoms with Crippen molar-refractivity contribution in [3.8, 4) is 28.1 Å². The van der Waals surface area contributed by atoms with Gasteiger partial charge in [0.1, 0.15) is 12.1 Å². The quantitative estimate of drug-likeness (QED) is 0.567. The molecule has 1 fully saturated rings. The van der Waals surface area contributed by atoms with Gasteiger partial charge in [0, 0.05) is 35.3 Å². The van der Waals surface area contributed by atoms with Gasteiger partial charge >= 0.3 is 0 Å². The van der Waals surface area contributed by atoms with Crippen molar-refractivity contribution in [1.82, 2.24) is 29.2 Å². The fraction of sp³-hybridized carbons (Fsp3) is 0.261. The first kappa shape index (κ1) is 18.6. The van der Waals surface area contributed by atoms with Crippen LogP contribution in [-0.2, 0) is 0 Å². The van der Waals surface area contributed by atoms with E-state index < -0.39 is 0 Å². The molecule has 1 aliphatic rings. The van der Waals surface area contributed by atoms with E-state index in [4.69, 9.17) is 5.73 Å². The molecule has 0 atom stereocenters. The van der Waals surface area contributed by atoms with Crippen LogP contribution in [0.25, 0.3) is 28.1 Å². The minimum atomic E-state index is 0.457. The molecule has 0 amide bonds. The molecule has 7 nitrogen and oxygen atoms in total. The molecule has 30 heavy (non-hydrogen) atoms. The van der Waals surface area contributed by atoms with Gasteiger partial charge in [-0.15, -0.1) is 0 Å². The second-order valence-corrected chi connectivity index (χ2v) is 7.90. The van der Waals surface area contributed by atoms with E-state index >= 15 is 0 Å². The summed E-state index contributed by atoms with van der Waals surface area (Å²) in [5.41, 5.74) is 11.0.